The fourth-order valence-electron chi connectivity index (χ4n) is 2.38. The normalized spacial score (nSPS) is 19.8. The molecule has 0 radical (unpaired) electrons. The van der Waals surface area contributed by atoms with E-state index < -0.39 is 5.92 Å². The molecule has 19 heavy (non-hydrogen) atoms. The molecule has 2 N–H and O–H groups in total. The highest BCUT2D eigenvalue weighted by atomic mass is 19.3. The van der Waals surface area contributed by atoms with E-state index in [0.717, 1.165) is 17.0 Å². The fraction of sp³-hybridized carbons (Fsp3) is 0.692. The van der Waals surface area contributed by atoms with Crippen molar-refractivity contribution in [2.24, 2.45) is 5.92 Å². The monoisotopic (exact) mass is 271 g/mol. The van der Waals surface area contributed by atoms with Crippen molar-refractivity contribution in [1.82, 2.24) is 15.5 Å². The predicted molar refractivity (Wildman–Crippen MR) is 67.0 cm³/mol. The lowest BCUT2D eigenvalue weighted by atomic mass is 9.87. The summed E-state index contributed by atoms with van der Waals surface area (Å²) in [6.45, 7) is 5.60. The van der Waals surface area contributed by atoms with Crippen molar-refractivity contribution in [2.75, 3.05) is 0 Å². The van der Waals surface area contributed by atoms with Gasteiger partial charge in [0, 0.05) is 30.5 Å². The van der Waals surface area contributed by atoms with E-state index in [1.165, 1.54) is 0 Å². The minimum absolute atomic E-state index is 0.166. The lowest BCUT2D eigenvalue weighted by Crippen LogP contribution is -2.51. The molecule has 1 amide bonds. The molecule has 2 rings (SSSR count). The summed E-state index contributed by atoms with van der Waals surface area (Å²) in [7, 11) is 0. The van der Waals surface area contributed by atoms with Gasteiger partial charge in [0.05, 0.1) is 5.69 Å². The van der Waals surface area contributed by atoms with Crippen LogP contribution in [0.3, 0.4) is 0 Å². The van der Waals surface area contributed by atoms with Crippen LogP contribution in [0.15, 0.2) is 0 Å². The molecule has 1 aromatic heterocycles. The Bertz CT molecular complexity index is 457. The van der Waals surface area contributed by atoms with Crippen LogP contribution >= 0.6 is 0 Å². The van der Waals surface area contributed by atoms with E-state index in [-0.39, 0.29) is 30.7 Å². The minimum atomic E-state index is -2.60. The predicted octanol–water partition coefficient (Wildman–Crippen LogP) is 2.12. The van der Waals surface area contributed by atoms with Crippen molar-refractivity contribution < 1.29 is 13.6 Å². The molecule has 1 unspecified atom stereocenters. The molecule has 1 saturated carbocycles. The van der Waals surface area contributed by atoms with Gasteiger partial charge >= 0.3 is 0 Å². The molecule has 0 aliphatic heterocycles. The SMILES string of the molecule is Cc1n[nH]c(C)c1CC(C)C(=O)NC1CC(F)(F)C1. The van der Waals surface area contributed by atoms with Crippen molar-refractivity contribution in [2.45, 2.75) is 52.0 Å². The second kappa shape index (κ2) is 4.90. The molecule has 0 spiro atoms. The molecule has 0 aromatic carbocycles. The largest absolute Gasteiger partial charge is 0.353 e. The molecule has 106 valence electrons. The van der Waals surface area contributed by atoms with Crippen LogP contribution < -0.4 is 5.32 Å². The van der Waals surface area contributed by atoms with Crippen LogP contribution in [-0.4, -0.2) is 28.1 Å². The zero-order valence-electron chi connectivity index (χ0n) is 11.4. The molecule has 1 fully saturated rings. The molecule has 0 bridgehead atoms. The van der Waals surface area contributed by atoms with Gasteiger partial charge in [0.25, 0.3) is 5.92 Å². The van der Waals surface area contributed by atoms with Gasteiger partial charge in [-0.2, -0.15) is 5.10 Å². The zero-order valence-corrected chi connectivity index (χ0v) is 11.4. The molecule has 0 saturated heterocycles. The first-order chi connectivity index (χ1) is 8.78. The number of H-pyrrole nitrogens is 1. The van der Waals surface area contributed by atoms with Crippen LogP contribution in [-0.2, 0) is 11.2 Å². The van der Waals surface area contributed by atoms with Crippen LogP contribution in [0.1, 0.15) is 36.7 Å². The number of aryl methyl sites for hydroxylation is 2. The summed E-state index contributed by atoms with van der Waals surface area (Å²) in [4.78, 5) is 11.9. The number of hydrogen-bond acceptors (Lipinski definition) is 2. The molecule has 1 heterocycles. The van der Waals surface area contributed by atoms with Gasteiger partial charge in [-0.1, -0.05) is 6.92 Å². The number of carbonyl (C=O) groups excluding carboxylic acids is 1. The third-order valence-electron chi connectivity index (χ3n) is 3.68. The van der Waals surface area contributed by atoms with Crippen molar-refractivity contribution in [1.29, 1.82) is 0 Å². The summed E-state index contributed by atoms with van der Waals surface area (Å²) in [5.74, 6) is -3.01. The van der Waals surface area contributed by atoms with E-state index in [1.807, 2.05) is 13.8 Å². The average Bonchev–Trinajstić information content (AvgIpc) is 2.58. The van der Waals surface area contributed by atoms with E-state index in [2.05, 4.69) is 15.5 Å². The standard InChI is InChI=1S/C13H19F2N3O/c1-7(4-11-8(2)17-18-9(11)3)12(19)16-10-5-13(14,15)6-10/h7,10H,4-6H2,1-3H3,(H,16,19)(H,17,18). The first kappa shape index (κ1) is 14.0. The summed E-state index contributed by atoms with van der Waals surface area (Å²) in [5.41, 5.74) is 2.86. The molecule has 6 heteroatoms. The lowest BCUT2D eigenvalue weighted by Gasteiger charge is -2.35. The highest BCUT2D eigenvalue weighted by molar-refractivity contribution is 5.79. The van der Waals surface area contributed by atoms with Crippen LogP contribution in [0.25, 0.3) is 0 Å². The Kier molecular flexibility index (Phi) is 3.60. The van der Waals surface area contributed by atoms with Crippen LogP contribution in [0.2, 0.25) is 0 Å². The minimum Gasteiger partial charge on any atom is -0.353 e. The van der Waals surface area contributed by atoms with Crippen molar-refractivity contribution >= 4 is 5.91 Å². The number of hydrogen-bond donors (Lipinski definition) is 2. The molecule has 1 aromatic rings. The Morgan fingerprint density at radius 1 is 1.53 bits per heavy atom. The Morgan fingerprint density at radius 2 is 2.16 bits per heavy atom. The van der Waals surface area contributed by atoms with Gasteiger partial charge < -0.3 is 5.32 Å². The first-order valence-electron chi connectivity index (χ1n) is 6.47. The fourth-order valence-corrected chi connectivity index (χ4v) is 2.38. The second-order valence-corrected chi connectivity index (χ2v) is 5.49. The topological polar surface area (TPSA) is 57.8 Å². The number of nitrogens with zero attached hydrogens (tertiary/aromatic N) is 1. The van der Waals surface area contributed by atoms with E-state index in [4.69, 9.17) is 0 Å². The Balaban J connectivity index is 1.87. The van der Waals surface area contributed by atoms with E-state index in [0.29, 0.717) is 6.42 Å². The highest BCUT2D eigenvalue weighted by Crippen LogP contribution is 2.37. The van der Waals surface area contributed by atoms with Crippen LogP contribution in [0.4, 0.5) is 8.78 Å². The molecule has 1 aliphatic rings. The quantitative estimate of drug-likeness (QED) is 0.881. The maximum Gasteiger partial charge on any atom is 0.252 e. The van der Waals surface area contributed by atoms with Crippen molar-refractivity contribution in [3.63, 3.8) is 0 Å². The Labute approximate surface area is 111 Å². The van der Waals surface area contributed by atoms with E-state index >= 15 is 0 Å². The van der Waals surface area contributed by atoms with Crippen LogP contribution in [0.5, 0.6) is 0 Å². The molecule has 4 nitrogen and oxygen atoms in total. The van der Waals surface area contributed by atoms with E-state index in [9.17, 15) is 13.6 Å². The number of amides is 1. The van der Waals surface area contributed by atoms with Crippen molar-refractivity contribution in [3.05, 3.63) is 17.0 Å². The average molecular weight is 271 g/mol. The van der Waals surface area contributed by atoms with Gasteiger partial charge in [-0.25, -0.2) is 8.78 Å². The van der Waals surface area contributed by atoms with E-state index in [1.54, 1.807) is 6.92 Å². The third kappa shape index (κ3) is 3.11. The lowest BCUT2D eigenvalue weighted by molar-refractivity contribution is -0.132. The number of aromatic amines is 1. The van der Waals surface area contributed by atoms with Gasteiger partial charge in [0.2, 0.25) is 5.91 Å². The maximum atomic E-state index is 12.7. The smallest absolute Gasteiger partial charge is 0.252 e. The summed E-state index contributed by atoms with van der Waals surface area (Å²) < 4.78 is 25.4. The van der Waals surface area contributed by atoms with Gasteiger partial charge in [0.15, 0.2) is 0 Å². The molecule has 1 aliphatic carbocycles. The van der Waals surface area contributed by atoms with Gasteiger partial charge in [-0.05, 0) is 25.8 Å². The van der Waals surface area contributed by atoms with Gasteiger partial charge in [-0.15, -0.1) is 0 Å². The third-order valence-corrected chi connectivity index (χ3v) is 3.68. The number of halogens is 2. The molecule has 1 atom stereocenters. The summed E-state index contributed by atoms with van der Waals surface area (Å²) in [6, 6.07) is -0.378. The molecular formula is C13H19F2N3O. The van der Waals surface area contributed by atoms with Gasteiger partial charge in [-0.3, -0.25) is 9.89 Å². The highest BCUT2D eigenvalue weighted by Gasteiger charge is 2.46. The Morgan fingerprint density at radius 3 is 2.63 bits per heavy atom. The number of carbonyl (C=O) groups is 1. The second-order valence-electron chi connectivity index (χ2n) is 5.49. The maximum absolute atomic E-state index is 12.7. The zero-order chi connectivity index (χ0) is 14.2. The summed E-state index contributed by atoms with van der Waals surface area (Å²) >= 11 is 0. The van der Waals surface area contributed by atoms with Gasteiger partial charge in [0.1, 0.15) is 0 Å². The molecular weight excluding hydrogens is 252 g/mol. The van der Waals surface area contributed by atoms with Crippen LogP contribution in [0, 0.1) is 19.8 Å². The summed E-state index contributed by atoms with van der Waals surface area (Å²) in [6.07, 6.45) is 0.0908. The first-order valence-corrected chi connectivity index (χ1v) is 6.47. The van der Waals surface area contributed by atoms with Crippen molar-refractivity contribution in [3.8, 4) is 0 Å². The number of nitrogens with one attached hydrogen (secondary N) is 2. The summed E-state index contributed by atoms with van der Waals surface area (Å²) in [5, 5.41) is 9.63. The Hall–Kier alpha value is -1.46. The number of aromatic nitrogens is 2. The number of alkyl halides is 2. The number of rotatable bonds is 4.